The van der Waals surface area contributed by atoms with Crippen LogP contribution < -0.4 is 20.1 Å². The maximum atomic E-state index is 13.4. The zero-order valence-corrected chi connectivity index (χ0v) is 14.7. The molecule has 2 atom stereocenters. The molecule has 0 spiro atoms. The Morgan fingerprint density at radius 3 is 2.44 bits per heavy atom. The van der Waals surface area contributed by atoms with E-state index in [9.17, 15) is 4.39 Å². The van der Waals surface area contributed by atoms with E-state index in [1.807, 2.05) is 24.3 Å². The normalized spacial score (nSPS) is 20.4. The lowest BCUT2D eigenvalue weighted by atomic mass is 9.88. The van der Waals surface area contributed by atoms with Gasteiger partial charge >= 0.3 is 0 Å². The van der Waals surface area contributed by atoms with Crippen molar-refractivity contribution in [1.82, 2.24) is 0 Å². The summed E-state index contributed by atoms with van der Waals surface area (Å²) in [4.78, 5) is 2.27. The van der Waals surface area contributed by atoms with Crippen LogP contribution in [0, 0.1) is 11.7 Å². The van der Waals surface area contributed by atoms with E-state index in [2.05, 4.69) is 4.90 Å². The van der Waals surface area contributed by atoms with Gasteiger partial charge in [-0.05, 0) is 36.5 Å². The molecule has 2 aromatic carbocycles. The average Bonchev–Trinajstić information content (AvgIpc) is 2.60. The summed E-state index contributed by atoms with van der Waals surface area (Å²) in [6.07, 6.45) is 1.76. The number of piperidine rings is 1. The number of hydrogen-bond donors (Lipinski definition) is 1. The number of nitrogens with two attached hydrogens (primary N) is 1. The largest absolute Gasteiger partial charge is 0.497 e. The summed E-state index contributed by atoms with van der Waals surface area (Å²) in [6.45, 7) is 1.66. The minimum Gasteiger partial charge on any atom is -0.497 e. The lowest BCUT2D eigenvalue weighted by Gasteiger charge is -2.38. The van der Waals surface area contributed by atoms with Gasteiger partial charge in [-0.25, -0.2) is 4.39 Å². The van der Waals surface area contributed by atoms with E-state index in [1.165, 1.54) is 6.07 Å². The molecule has 134 valence electrons. The predicted octanol–water partition coefficient (Wildman–Crippen LogP) is 3.24. The Labute approximate surface area is 148 Å². The number of methoxy groups -OCH3 is 2. The topological polar surface area (TPSA) is 47.7 Å². The molecule has 0 saturated carbocycles. The second-order valence-electron chi connectivity index (χ2n) is 6.67. The van der Waals surface area contributed by atoms with Crippen molar-refractivity contribution in [1.29, 1.82) is 0 Å². The molecule has 3 rings (SSSR count). The first-order chi connectivity index (χ1) is 12.1. The molecule has 0 bridgehead atoms. The van der Waals surface area contributed by atoms with Gasteiger partial charge in [-0.15, -0.1) is 0 Å². The highest BCUT2D eigenvalue weighted by molar-refractivity contribution is 5.56. The van der Waals surface area contributed by atoms with Crippen LogP contribution in [0.25, 0.3) is 0 Å². The zero-order chi connectivity index (χ0) is 17.8. The molecular weight excluding hydrogens is 319 g/mol. The molecule has 1 fully saturated rings. The van der Waals surface area contributed by atoms with Crippen molar-refractivity contribution in [2.24, 2.45) is 11.7 Å². The molecule has 1 aliphatic heterocycles. The van der Waals surface area contributed by atoms with Gasteiger partial charge in [-0.1, -0.05) is 12.1 Å². The number of anilines is 1. The van der Waals surface area contributed by atoms with E-state index in [-0.39, 0.29) is 11.9 Å². The summed E-state index contributed by atoms with van der Waals surface area (Å²) >= 11 is 0. The first-order valence-corrected chi connectivity index (χ1v) is 8.55. The monoisotopic (exact) mass is 344 g/mol. The molecule has 2 unspecified atom stereocenters. The molecule has 0 amide bonds. The fraction of sp³-hybridized carbons (Fsp3) is 0.400. The highest BCUT2D eigenvalue weighted by atomic mass is 19.1. The van der Waals surface area contributed by atoms with Gasteiger partial charge in [0.1, 0.15) is 17.3 Å². The van der Waals surface area contributed by atoms with Crippen molar-refractivity contribution in [3.63, 3.8) is 0 Å². The van der Waals surface area contributed by atoms with Crippen molar-refractivity contribution in [3.05, 3.63) is 53.8 Å². The Kier molecular flexibility index (Phi) is 5.43. The quantitative estimate of drug-likeness (QED) is 0.905. The summed E-state index contributed by atoms with van der Waals surface area (Å²) in [6, 6.07) is 12.8. The van der Waals surface area contributed by atoms with Crippen LogP contribution in [0.2, 0.25) is 0 Å². The minimum atomic E-state index is -0.188. The van der Waals surface area contributed by atoms with Gasteiger partial charge in [-0.3, -0.25) is 0 Å². The SMILES string of the molecule is COc1cc(OC)cc(N2CC(N)CC(Cc3cccc(F)c3)C2)c1. The standard InChI is InChI=1S/C20H25FN2O2/c1-24-19-9-18(10-20(11-19)25-2)23-12-15(8-17(22)13-23)6-14-4-3-5-16(21)7-14/h3-5,7,9-11,15,17H,6,8,12-13,22H2,1-2H3. The first kappa shape index (κ1) is 17.5. The molecule has 0 aromatic heterocycles. The third kappa shape index (κ3) is 4.42. The minimum absolute atomic E-state index is 0.0875. The smallest absolute Gasteiger partial charge is 0.124 e. The Balaban J connectivity index is 1.78. The lowest BCUT2D eigenvalue weighted by Crippen LogP contribution is -2.47. The first-order valence-electron chi connectivity index (χ1n) is 8.55. The Morgan fingerprint density at radius 2 is 1.80 bits per heavy atom. The van der Waals surface area contributed by atoms with Gasteiger partial charge in [-0.2, -0.15) is 0 Å². The molecule has 0 radical (unpaired) electrons. The van der Waals surface area contributed by atoms with E-state index in [4.69, 9.17) is 15.2 Å². The van der Waals surface area contributed by atoms with E-state index >= 15 is 0 Å². The van der Waals surface area contributed by atoms with Gasteiger partial charge in [0.15, 0.2) is 0 Å². The van der Waals surface area contributed by atoms with Crippen LogP contribution >= 0.6 is 0 Å². The Bertz CT molecular complexity index is 700. The van der Waals surface area contributed by atoms with Crippen LogP contribution in [0.15, 0.2) is 42.5 Å². The van der Waals surface area contributed by atoms with Gasteiger partial charge in [0.05, 0.1) is 14.2 Å². The van der Waals surface area contributed by atoms with E-state index in [0.717, 1.165) is 48.7 Å². The van der Waals surface area contributed by atoms with Crippen molar-refractivity contribution < 1.29 is 13.9 Å². The molecule has 1 heterocycles. The number of nitrogens with zero attached hydrogens (tertiary/aromatic N) is 1. The Hall–Kier alpha value is -2.27. The molecule has 1 aliphatic rings. The third-order valence-corrected chi connectivity index (χ3v) is 4.68. The van der Waals surface area contributed by atoms with Crippen molar-refractivity contribution in [3.8, 4) is 11.5 Å². The summed E-state index contributed by atoms with van der Waals surface area (Å²) in [5.74, 6) is 1.71. The number of rotatable bonds is 5. The van der Waals surface area contributed by atoms with Gasteiger partial charge in [0, 0.05) is 43.0 Å². The maximum absolute atomic E-state index is 13.4. The van der Waals surface area contributed by atoms with Crippen molar-refractivity contribution >= 4 is 5.69 Å². The van der Waals surface area contributed by atoms with E-state index < -0.39 is 0 Å². The Morgan fingerprint density at radius 1 is 1.08 bits per heavy atom. The summed E-state index contributed by atoms with van der Waals surface area (Å²) in [5.41, 5.74) is 8.35. The van der Waals surface area contributed by atoms with E-state index in [1.54, 1.807) is 26.4 Å². The summed E-state index contributed by atoms with van der Waals surface area (Å²) < 4.78 is 24.2. The van der Waals surface area contributed by atoms with Crippen LogP contribution in [0.4, 0.5) is 10.1 Å². The number of ether oxygens (including phenoxy) is 2. The molecule has 4 nitrogen and oxygen atoms in total. The highest BCUT2D eigenvalue weighted by Crippen LogP contribution is 2.31. The fourth-order valence-electron chi connectivity index (χ4n) is 3.58. The summed E-state index contributed by atoms with van der Waals surface area (Å²) in [7, 11) is 3.29. The predicted molar refractivity (Wildman–Crippen MR) is 97.9 cm³/mol. The molecule has 2 aromatic rings. The number of benzene rings is 2. The second-order valence-corrected chi connectivity index (χ2v) is 6.67. The third-order valence-electron chi connectivity index (χ3n) is 4.68. The van der Waals surface area contributed by atoms with Gasteiger partial charge < -0.3 is 20.1 Å². The molecule has 5 heteroatoms. The highest BCUT2D eigenvalue weighted by Gasteiger charge is 2.26. The zero-order valence-electron chi connectivity index (χ0n) is 14.7. The van der Waals surface area contributed by atoms with Gasteiger partial charge in [0.2, 0.25) is 0 Å². The van der Waals surface area contributed by atoms with Crippen LogP contribution in [0.3, 0.4) is 0 Å². The fourth-order valence-corrected chi connectivity index (χ4v) is 3.58. The molecule has 1 saturated heterocycles. The number of hydrogen-bond acceptors (Lipinski definition) is 4. The maximum Gasteiger partial charge on any atom is 0.124 e. The van der Waals surface area contributed by atoms with Crippen LogP contribution in [-0.4, -0.2) is 33.4 Å². The second kappa shape index (κ2) is 7.74. The van der Waals surface area contributed by atoms with Crippen molar-refractivity contribution in [2.45, 2.75) is 18.9 Å². The van der Waals surface area contributed by atoms with E-state index in [0.29, 0.717) is 5.92 Å². The van der Waals surface area contributed by atoms with Crippen molar-refractivity contribution in [2.75, 3.05) is 32.2 Å². The molecule has 2 N–H and O–H groups in total. The lowest BCUT2D eigenvalue weighted by molar-refractivity contribution is 0.371. The van der Waals surface area contributed by atoms with Crippen LogP contribution in [0.5, 0.6) is 11.5 Å². The molecule has 0 aliphatic carbocycles. The summed E-state index contributed by atoms with van der Waals surface area (Å²) in [5, 5.41) is 0. The average molecular weight is 344 g/mol. The number of halogens is 1. The molecule has 25 heavy (non-hydrogen) atoms. The molecular formula is C20H25FN2O2. The van der Waals surface area contributed by atoms with Gasteiger partial charge in [0.25, 0.3) is 0 Å². The van der Waals surface area contributed by atoms with Crippen LogP contribution in [0.1, 0.15) is 12.0 Å². The van der Waals surface area contributed by atoms with Crippen LogP contribution in [-0.2, 0) is 6.42 Å².